The second kappa shape index (κ2) is 4.89. The monoisotopic (exact) mass is 229 g/mol. The maximum atomic E-state index is 12.3. The number of benzene rings is 1. The number of rotatable bonds is 3. The summed E-state index contributed by atoms with van der Waals surface area (Å²) in [5.74, 6) is 0.548. The fourth-order valence-electron chi connectivity index (χ4n) is 1.74. The average Bonchev–Trinajstić information content (AvgIpc) is 2.15. The molecule has 0 heterocycles. The number of alkyl halides is 3. The molecule has 0 saturated heterocycles. The fraction of sp³-hybridized carbons (Fsp3) is 0.462. The van der Waals surface area contributed by atoms with Crippen molar-refractivity contribution in [2.75, 3.05) is 0 Å². The molecule has 0 N–H and O–H groups in total. The molecular formula is C13H16F3. The van der Waals surface area contributed by atoms with E-state index >= 15 is 0 Å². The van der Waals surface area contributed by atoms with Crippen LogP contribution < -0.4 is 0 Å². The van der Waals surface area contributed by atoms with Gasteiger partial charge in [-0.2, -0.15) is 13.2 Å². The first-order valence-electron chi connectivity index (χ1n) is 5.31. The molecular weight excluding hydrogens is 213 g/mol. The Kier molecular flexibility index (Phi) is 4.00. The first-order valence-corrected chi connectivity index (χ1v) is 5.31. The zero-order valence-electron chi connectivity index (χ0n) is 9.51. The lowest BCUT2D eigenvalue weighted by molar-refractivity contribution is -0.137. The lowest BCUT2D eigenvalue weighted by Gasteiger charge is -2.15. The van der Waals surface area contributed by atoms with Crippen molar-refractivity contribution in [3.8, 4) is 0 Å². The maximum Gasteiger partial charge on any atom is 0.416 e. The minimum Gasteiger partial charge on any atom is -0.166 e. The van der Waals surface area contributed by atoms with Gasteiger partial charge in [-0.3, -0.25) is 0 Å². The summed E-state index contributed by atoms with van der Waals surface area (Å²) in [5, 5.41) is 0. The molecule has 0 aliphatic rings. The predicted molar refractivity (Wildman–Crippen MR) is 59.0 cm³/mol. The second-order valence-corrected chi connectivity index (χ2v) is 4.36. The summed E-state index contributed by atoms with van der Waals surface area (Å²) in [4.78, 5) is 0. The number of hydrogen-bond acceptors (Lipinski definition) is 0. The van der Waals surface area contributed by atoms with Gasteiger partial charge in [0, 0.05) is 0 Å². The van der Waals surface area contributed by atoms with Gasteiger partial charge in [0.15, 0.2) is 0 Å². The van der Waals surface area contributed by atoms with Crippen LogP contribution in [0.1, 0.15) is 37.3 Å². The van der Waals surface area contributed by atoms with Crippen LogP contribution in [-0.2, 0) is 6.18 Å². The van der Waals surface area contributed by atoms with Crippen LogP contribution in [0, 0.1) is 12.8 Å². The largest absolute Gasteiger partial charge is 0.416 e. The van der Waals surface area contributed by atoms with Gasteiger partial charge in [0.2, 0.25) is 0 Å². The van der Waals surface area contributed by atoms with E-state index in [1.54, 1.807) is 12.1 Å². The van der Waals surface area contributed by atoms with Crippen LogP contribution in [0.3, 0.4) is 0 Å². The zero-order valence-corrected chi connectivity index (χ0v) is 9.51. The van der Waals surface area contributed by atoms with Crippen LogP contribution in [0.4, 0.5) is 13.2 Å². The van der Waals surface area contributed by atoms with Crippen LogP contribution in [0.15, 0.2) is 24.3 Å². The Morgan fingerprint density at radius 2 is 1.62 bits per heavy atom. The summed E-state index contributed by atoms with van der Waals surface area (Å²) < 4.78 is 37.0. The molecule has 2 unspecified atom stereocenters. The van der Waals surface area contributed by atoms with Crippen molar-refractivity contribution >= 4 is 0 Å². The van der Waals surface area contributed by atoms with E-state index in [-0.39, 0.29) is 5.92 Å². The molecule has 1 rings (SSSR count). The SMILES string of the molecule is [CH2]C(C)CC(C)c1ccc(C(F)(F)F)cc1. The average molecular weight is 229 g/mol. The summed E-state index contributed by atoms with van der Waals surface area (Å²) in [6.45, 7) is 7.89. The summed E-state index contributed by atoms with van der Waals surface area (Å²) in [7, 11) is 0. The number of halogens is 3. The molecule has 3 heteroatoms. The van der Waals surface area contributed by atoms with E-state index in [1.807, 2.05) is 13.8 Å². The highest BCUT2D eigenvalue weighted by molar-refractivity contribution is 5.26. The normalized spacial score (nSPS) is 14.2. The first kappa shape index (κ1) is 13.1. The smallest absolute Gasteiger partial charge is 0.166 e. The van der Waals surface area contributed by atoms with Crippen LogP contribution in [0.25, 0.3) is 0 Å². The second-order valence-electron chi connectivity index (χ2n) is 4.36. The number of hydrogen-bond donors (Lipinski definition) is 0. The van der Waals surface area contributed by atoms with Gasteiger partial charge in [0.1, 0.15) is 0 Å². The third-order valence-corrected chi connectivity index (χ3v) is 2.56. The van der Waals surface area contributed by atoms with E-state index in [1.165, 1.54) is 0 Å². The molecule has 0 aliphatic carbocycles. The van der Waals surface area contributed by atoms with Crippen LogP contribution >= 0.6 is 0 Å². The van der Waals surface area contributed by atoms with Crippen molar-refractivity contribution in [1.82, 2.24) is 0 Å². The van der Waals surface area contributed by atoms with Gasteiger partial charge in [0.05, 0.1) is 5.56 Å². The van der Waals surface area contributed by atoms with Gasteiger partial charge >= 0.3 is 6.18 Å². The third kappa shape index (κ3) is 3.54. The minimum atomic E-state index is -4.25. The molecule has 2 atom stereocenters. The van der Waals surface area contributed by atoms with E-state index in [9.17, 15) is 13.2 Å². The van der Waals surface area contributed by atoms with Crippen molar-refractivity contribution in [2.24, 2.45) is 5.92 Å². The molecule has 0 amide bonds. The van der Waals surface area contributed by atoms with Gasteiger partial charge in [-0.05, 0) is 36.0 Å². The van der Waals surface area contributed by atoms with E-state index < -0.39 is 11.7 Å². The Labute approximate surface area is 94.5 Å². The zero-order chi connectivity index (χ0) is 12.3. The van der Waals surface area contributed by atoms with Crippen molar-refractivity contribution in [3.05, 3.63) is 42.3 Å². The van der Waals surface area contributed by atoms with Gasteiger partial charge in [0.25, 0.3) is 0 Å². The van der Waals surface area contributed by atoms with E-state index in [0.29, 0.717) is 5.92 Å². The molecule has 0 aliphatic heterocycles. The predicted octanol–water partition coefficient (Wildman–Crippen LogP) is 4.67. The Balaban J connectivity index is 2.79. The van der Waals surface area contributed by atoms with Crippen molar-refractivity contribution in [3.63, 3.8) is 0 Å². The van der Waals surface area contributed by atoms with Gasteiger partial charge in [-0.15, -0.1) is 0 Å². The van der Waals surface area contributed by atoms with Crippen LogP contribution in [0.5, 0.6) is 0 Å². The molecule has 89 valence electrons. The molecule has 1 radical (unpaired) electrons. The summed E-state index contributed by atoms with van der Waals surface area (Å²) in [5.41, 5.74) is 0.342. The molecule has 1 aromatic rings. The highest BCUT2D eigenvalue weighted by Crippen LogP contribution is 2.31. The Morgan fingerprint density at radius 3 is 2.00 bits per heavy atom. The molecule has 1 aromatic carbocycles. The molecule has 0 aromatic heterocycles. The highest BCUT2D eigenvalue weighted by Gasteiger charge is 2.30. The third-order valence-electron chi connectivity index (χ3n) is 2.56. The maximum absolute atomic E-state index is 12.3. The molecule has 0 bridgehead atoms. The molecule has 16 heavy (non-hydrogen) atoms. The van der Waals surface area contributed by atoms with Crippen molar-refractivity contribution < 1.29 is 13.2 Å². The first-order chi connectivity index (χ1) is 7.30. The Bertz CT molecular complexity index is 322. The quantitative estimate of drug-likeness (QED) is 0.706. The van der Waals surface area contributed by atoms with E-state index in [2.05, 4.69) is 6.92 Å². The van der Waals surface area contributed by atoms with Crippen LogP contribution in [0.2, 0.25) is 0 Å². The standard InChI is InChI=1S/C13H16F3/c1-9(2)8-10(3)11-4-6-12(7-5-11)13(14,15)16/h4-7,9-10H,1,8H2,2-3H3. The molecule has 0 saturated carbocycles. The van der Waals surface area contributed by atoms with E-state index in [0.717, 1.165) is 24.1 Å². The molecule has 0 nitrogen and oxygen atoms in total. The van der Waals surface area contributed by atoms with Crippen molar-refractivity contribution in [2.45, 2.75) is 32.4 Å². The summed E-state index contributed by atoms with van der Waals surface area (Å²) in [6.07, 6.45) is -3.37. The highest BCUT2D eigenvalue weighted by atomic mass is 19.4. The summed E-state index contributed by atoms with van der Waals surface area (Å²) in [6, 6.07) is 5.38. The lowest BCUT2D eigenvalue weighted by atomic mass is 9.91. The lowest BCUT2D eigenvalue weighted by Crippen LogP contribution is -2.05. The van der Waals surface area contributed by atoms with Gasteiger partial charge in [-0.1, -0.05) is 32.9 Å². The van der Waals surface area contributed by atoms with E-state index in [4.69, 9.17) is 0 Å². The molecule has 0 spiro atoms. The van der Waals surface area contributed by atoms with Crippen LogP contribution in [-0.4, -0.2) is 0 Å². The molecule has 0 fully saturated rings. The van der Waals surface area contributed by atoms with Crippen molar-refractivity contribution in [1.29, 1.82) is 0 Å². The Morgan fingerprint density at radius 1 is 1.12 bits per heavy atom. The fourth-order valence-corrected chi connectivity index (χ4v) is 1.74. The Hall–Kier alpha value is -0.990. The minimum absolute atomic E-state index is 0.245. The topological polar surface area (TPSA) is 0 Å². The van der Waals surface area contributed by atoms with Gasteiger partial charge < -0.3 is 0 Å². The van der Waals surface area contributed by atoms with Gasteiger partial charge in [-0.25, -0.2) is 0 Å². The summed E-state index contributed by atoms with van der Waals surface area (Å²) >= 11 is 0.